The third kappa shape index (κ3) is 2.96. The minimum Gasteiger partial charge on any atom is -0.399 e. The van der Waals surface area contributed by atoms with Gasteiger partial charge in [-0.05, 0) is 38.3 Å². The third-order valence-corrected chi connectivity index (χ3v) is 5.67. The van der Waals surface area contributed by atoms with Crippen LogP contribution in [0.5, 0.6) is 0 Å². The number of hydrogen-bond donors (Lipinski definition) is 1. The van der Waals surface area contributed by atoms with E-state index in [4.69, 9.17) is 5.73 Å². The van der Waals surface area contributed by atoms with Crippen LogP contribution in [0.25, 0.3) is 0 Å². The largest absolute Gasteiger partial charge is 0.399 e. The van der Waals surface area contributed by atoms with Crippen molar-refractivity contribution >= 4 is 15.7 Å². The lowest BCUT2D eigenvalue weighted by Crippen LogP contribution is -2.34. The lowest BCUT2D eigenvalue weighted by molar-refractivity contribution is 0.395. The molecule has 0 aromatic heterocycles. The Labute approximate surface area is 119 Å². The molecule has 0 aliphatic heterocycles. The van der Waals surface area contributed by atoms with Crippen molar-refractivity contribution in [3.8, 4) is 0 Å². The van der Waals surface area contributed by atoms with Crippen LogP contribution in [0.3, 0.4) is 0 Å². The van der Waals surface area contributed by atoms with Gasteiger partial charge in [-0.25, -0.2) is 12.8 Å². The van der Waals surface area contributed by atoms with E-state index in [1.807, 2.05) is 6.92 Å². The van der Waals surface area contributed by atoms with E-state index in [0.717, 1.165) is 31.7 Å². The van der Waals surface area contributed by atoms with Crippen molar-refractivity contribution in [2.75, 3.05) is 12.3 Å². The van der Waals surface area contributed by atoms with Crippen LogP contribution in [0.15, 0.2) is 17.0 Å². The van der Waals surface area contributed by atoms with Gasteiger partial charge in [0.1, 0.15) is 5.82 Å². The van der Waals surface area contributed by atoms with E-state index in [1.165, 1.54) is 17.3 Å². The van der Waals surface area contributed by atoms with Gasteiger partial charge < -0.3 is 5.73 Å². The van der Waals surface area contributed by atoms with Crippen molar-refractivity contribution in [2.45, 2.75) is 50.5 Å². The molecule has 0 unspecified atom stereocenters. The molecule has 0 bridgehead atoms. The van der Waals surface area contributed by atoms with Crippen molar-refractivity contribution < 1.29 is 12.8 Å². The molecule has 2 N–H and O–H groups in total. The first-order chi connectivity index (χ1) is 9.37. The van der Waals surface area contributed by atoms with Crippen molar-refractivity contribution in [3.63, 3.8) is 0 Å². The fraction of sp³-hybridized carbons (Fsp3) is 0.571. The van der Waals surface area contributed by atoms with Gasteiger partial charge in [0.15, 0.2) is 0 Å². The molecule has 1 saturated carbocycles. The van der Waals surface area contributed by atoms with Crippen LogP contribution in [0.2, 0.25) is 0 Å². The Morgan fingerprint density at radius 3 is 2.60 bits per heavy atom. The van der Waals surface area contributed by atoms with Crippen LogP contribution in [0.1, 0.15) is 38.2 Å². The Kier molecular flexibility index (Phi) is 4.34. The second kappa shape index (κ2) is 5.69. The number of anilines is 1. The summed E-state index contributed by atoms with van der Waals surface area (Å²) < 4.78 is 40.7. The van der Waals surface area contributed by atoms with Crippen molar-refractivity contribution in [3.05, 3.63) is 23.5 Å². The number of benzene rings is 1. The predicted molar refractivity (Wildman–Crippen MR) is 77.4 cm³/mol. The van der Waals surface area contributed by atoms with E-state index in [9.17, 15) is 12.8 Å². The Hall–Kier alpha value is -1.14. The minimum absolute atomic E-state index is 0.00185. The van der Waals surface area contributed by atoms with Gasteiger partial charge in [0.25, 0.3) is 0 Å². The van der Waals surface area contributed by atoms with E-state index in [1.54, 1.807) is 0 Å². The summed E-state index contributed by atoms with van der Waals surface area (Å²) in [6.45, 7) is 3.98. The first-order valence-electron chi connectivity index (χ1n) is 6.95. The van der Waals surface area contributed by atoms with Gasteiger partial charge in [-0.1, -0.05) is 13.3 Å². The molecular formula is C14H21FN2O2S. The Morgan fingerprint density at radius 2 is 2.05 bits per heavy atom. The first-order valence-corrected chi connectivity index (χ1v) is 8.39. The van der Waals surface area contributed by atoms with Gasteiger partial charge in [0.05, 0.1) is 4.90 Å². The molecule has 1 aromatic carbocycles. The van der Waals surface area contributed by atoms with Crippen LogP contribution >= 0.6 is 0 Å². The van der Waals surface area contributed by atoms with E-state index >= 15 is 0 Å². The molecule has 20 heavy (non-hydrogen) atoms. The minimum atomic E-state index is -3.67. The Morgan fingerprint density at radius 1 is 1.40 bits per heavy atom. The van der Waals surface area contributed by atoms with Crippen LogP contribution in [0, 0.1) is 12.7 Å². The first kappa shape index (κ1) is 15.3. The average Bonchev–Trinajstić information content (AvgIpc) is 3.18. The summed E-state index contributed by atoms with van der Waals surface area (Å²) in [5.41, 5.74) is 5.87. The summed E-state index contributed by atoms with van der Waals surface area (Å²) in [6, 6.07) is 2.58. The molecule has 0 spiro atoms. The fourth-order valence-corrected chi connectivity index (χ4v) is 4.24. The highest BCUT2D eigenvalue weighted by atomic mass is 32.2. The highest BCUT2D eigenvalue weighted by Crippen LogP contribution is 2.34. The molecular weight excluding hydrogens is 279 g/mol. The molecule has 0 heterocycles. The molecule has 1 aromatic rings. The van der Waals surface area contributed by atoms with Gasteiger partial charge >= 0.3 is 0 Å². The monoisotopic (exact) mass is 300 g/mol. The van der Waals surface area contributed by atoms with Crippen LogP contribution in [-0.2, 0) is 10.0 Å². The summed E-state index contributed by atoms with van der Waals surface area (Å²) in [7, 11) is -3.67. The zero-order valence-electron chi connectivity index (χ0n) is 11.9. The lowest BCUT2D eigenvalue weighted by Gasteiger charge is -2.23. The van der Waals surface area contributed by atoms with Gasteiger partial charge in [-0.3, -0.25) is 0 Å². The average molecular weight is 300 g/mol. The molecule has 0 saturated heterocycles. The maximum atomic E-state index is 13.7. The van der Waals surface area contributed by atoms with E-state index < -0.39 is 15.8 Å². The zero-order chi connectivity index (χ0) is 14.9. The van der Waals surface area contributed by atoms with E-state index in [-0.39, 0.29) is 22.2 Å². The number of nitrogens with two attached hydrogens (primary N) is 1. The molecule has 112 valence electrons. The summed E-state index contributed by atoms with van der Waals surface area (Å²) in [6.07, 6.45) is 3.49. The smallest absolute Gasteiger partial charge is 0.243 e. The molecule has 0 radical (unpaired) electrons. The predicted octanol–water partition coefficient (Wildman–Crippen LogP) is 2.67. The maximum absolute atomic E-state index is 13.7. The second-order valence-electron chi connectivity index (χ2n) is 5.33. The number of rotatable bonds is 6. The quantitative estimate of drug-likeness (QED) is 0.822. The normalized spacial score (nSPS) is 15.8. The van der Waals surface area contributed by atoms with Crippen molar-refractivity contribution in [2.24, 2.45) is 0 Å². The lowest BCUT2D eigenvalue weighted by atomic mass is 10.2. The number of unbranched alkanes of at least 4 members (excludes halogenated alkanes) is 1. The molecule has 0 atom stereocenters. The van der Waals surface area contributed by atoms with Crippen molar-refractivity contribution in [1.82, 2.24) is 4.31 Å². The molecule has 1 fully saturated rings. The van der Waals surface area contributed by atoms with Crippen LogP contribution in [-0.4, -0.2) is 25.3 Å². The summed E-state index contributed by atoms with van der Waals surface area (Å²) in [5, 5.41) is 0. The van der Waals surface area contributed by atoms with Crippen molar-refractivity contribution in [1.29, 1.82) is 0 Å². The number of nitrogen functional groups attached to an aromatic ring is 1. The van der Waals surface area contributed by atoms with Gasteiger partial charge in [-0.2, -0.15) is 4.31 Å². The second-order valence-corrected chi connectivity index (χ2v) is 7.19. The summed E-state index contributed by atoms with van der Waals surface area (Å²) in [5.74, 6) is -0.574. The topological polar surface area (TPSA) is 63.4 Å². The summed E-state index contributed by atoms with van der Waals surface area (Å²) in [4.78, 5) is -0.00185. The Bertz CT molecular complexity index is 597. The maximum Gasteiger partial charge on any atom is 0.243 e. The molecule has 1 aliphatic carbocycles. The van der Waals surface area contributed by atoms with Crippen LogP contribution < -0.4 is 5.73 Å². The van der Waals surface area contributed by atoms with Crippen LogP contribution in [0.4, 0.5) is 10.1 Å². The number of nitrogens with zero attached hydrogens (tertiary/aromatic N) is 1. The molecule has 2 rings (SSSR count). The number of halogens is 1. The van der Waals surface area contributed by atoms with Gasteiger partial charge in [0.2, 0.25) is 10.0 Å². The molecule has 6 heteroatoms. The highest BCUT2D eigenvalue weighted by molar-refractivity contribution is 7.89. The van der Waals surface area contributed by atoms with Gasteiger partial charge in [-0.15, -0.1) is 0 Å². The number of sulfonamides is 1. The zero-order valence-corrected chi connectivity index (χ0v) is 12.7. The standard InChI is InChI=1S/C14H21FN2O2S/c1-3-4-7-17(12-5-6-12)20(18,19)14-9-11(16)8-13(15)10(14)2/h8-9,12H,3-7,16H2,1-2H3. The fourth-order valence-electron chi connectivity index (χ4n) is 2.24. The van der Waals surface area contributed by atoms with Gasteiger partial charge in [0, 0.05) is 23.8 Å². The third-order valence-electron chi connectivity index (χ3n) is 3.59. The molecule has 4 nitrogen and oxygen atoms in total. The van der Waals surface area contributed by atoms with E-state index in [2.05, 4.69) is 0 Å². The SMILES string of the molecule is CCCCN(C1CC1)S(=O)(=O)c1cc(N)cc(F)c1C. The molecule has 0 amide bonds. The molecule has 1 aliphatic rings. The number of hydrogen-bond acceptors (Lipinski definition) is 3. The summed E-state index contributed by atoms with van der Waals surface area (Å²) >= 11 is 0. The highest BCUT2D eigenvalue weighted by Gasteiger charge is 2.38. The van der Waals surface area contributed by atoms with E-state index in [0.29, 0.717) is 6.54 Å². The Balaban J connectivity index is 2.42.